The van der Waals surface area contributed by atoms with Crippen LogP contribution in [0.4, 0.5) is 0 Å². The third-order valence-corrected chi connectivity index (χ3v) is 2.74. The van der Waals surface area contributed by atoms with Crippen molar-refractivity contribution in [1.82, 2.24) is 10.0 Å². The van der Waals surface area contributed by atoms with Crippen molar-refractivity contribution >= 4 is 5.91 Å². The zero-order valence-corrected chi connectivity index (χ0v) is 9.99. The second-order valence-corrected chi connectivity index (χ2v) is 4.73. The van der Waals surface area contributed by atoms with Crippen LogP contribution in [0.3, 0.4) is 0 Å². The first kappa shape index (κ1) is 12.5. The fraction of sp³-hybridized carbons (Fsp3) is 0.909. The van der Waals surface area contributed by atoms with Gasteiger partial charge < -0.3 is 5.11 Å². The Bertz CT molecular complexity index is 223. The molecule has 0 bridgehead atoms. The van der Waals surface area contributed by atoms with E-state index in [2.05, 4.69) is 11.9 Å². The molecule has 1 rings (SSSR count). The molecule has 88 valence electrons. The highest BCUT2D eigenvalue weighted by molar-refractivity contribution is 5.76. The van der Waals surface area contributed by atoms with Gasteiger partial charge >= 0.3 is 0 Å². The van der Waals surface area contributed by atoms with Crippen LogP contribution in [0.15, 0.2) is 0 Å². The first-order valence-corrected chi connectivity index (χ1v) is 5.71. The standard InChI is InChI=1S/C11H22N2O2/c1-4-12-8-5-6-10(14)13(12)9-7-11(2,3)15/h15H,4-9H2,1-3H3. The Balaban J connectivity index is 2.51. The molecule has 0 spiro atoms. The largest absolute Gasteiger partial charge is 0.390 e. The van der Waals surface area contributed by atoms with Crippen LogP contribution < -0.4 is 0 Å². The molecule has 1 heterocycles. The lowest BCUT2D eigenvalue weighted by Gasteiger charge is -2.38. The van der Waals surface area contributed by atoms with Crippen molar-refractivity contribution in [3.05, 3.63) is 0 Å². The van der Waals surface area contributed by atoms with Gasteiger partial charge in [-0.2, -0.15) is 0 Å². The normalized spacial score (nSPS) is 19.7. The molecule has 4 heteroatoms. The SMILES string of the molecule is CCN1CCCC(=O)N1CCC(C)(C)O. The number of hydrogen-bond donors (Lipinski definition) is 1. The number of hydrazine groups is 1. The molecule has 1 aliphatic rings. The Morgan fingerprint density at radius 1 is 1.47 bits per heavy atom. The Kier molecular flexibility index (Phi) is 4.11. The first-order chi connectivity index (χ1) is 6.94. The lowest BCUT2D eigenvalue weighted by Crippen LogP contribution is -2.51. The molecule has 0 unspecified atom stereocenters. The number of amides is 1. The minimum Gasteiger partial charge on any atom is -0.390 e. The van der Waals surface area contributed by atoms with E-state index in [-0.39, 0.29) is 5.91 Å². The second-order valence-electron chi connectivity index (χ2n) is 4.73. The zero-order chi connectivity index (χ0) is 11.5. The van der Waals surface area contributed by atoms with E-state index in [1.165, 1.54) is 0 Å². The van der Waals surface area contributed by atoms with E-state index in [1.807, 2.05) is 0 Å². The molecule has 4 nitrogen and oxygen atoms in total. The highest BCUT2D eigenvalue weighted by Crippen LogP contribution is 2.15. The van der Waals surface area contributed by atoms with Crippen molar-refractivity contribution in [2.75, 3.05) is 19.6 Å². The van der Waals surface area contributed by atoms with Gasteiger partial charge in [-0.15, -0.1) is 0 Å². The highest BCUT2D eigenvalue weighted by atomic mass is 16.3. The van der Waals surface area contributed by atoms with E-state index in [0.717, 1.165) is 19.5 Å². The summed E-state index contributed by atoms with van der Waals surface area (Å²) in [4.78, 5) is 11.7. The summed E-state index contributed by atoms with van der Waals surface area (Å²) in [6, 6.07) is 0. The molecule has 0 aromatic carbocycles. The van der Waals surface area contributed by atoms with Crippen LogP contribution in [0.2, 0.25) is 0 Å². The summed E-state index contributed by atoms with van der Waals surface area (Å²) in [5.41, 5.74) is -0.697. The van der Waals surface area contributed by atoms with Crippen LogP contribution in [0, 0.1) is 0 Å². The molecule has 1 aliphatic heterocycles. The van der Waals surface area contributed by atoms with Crippen LogP contribution in [0.25, 0.3) is 0 Å². The fourth-order valence-corrected chi connectivity index (χ4v) is 1.79. The van der Waals surface area contributed by atoms with Gasteiger partial charge in [-0.3, -0.25) is 9.80 Å². The molecule has 1 fully saturated rings. The number of rotatable bonds is 4. The van der Waals surface area contributed by atoms with Crippen molar-refractivity contribution in [2.24, 2.45) is 0 Å². The fourth-order valence-electron chi connectivity index (χ4n) is 1.79. The summed E-state index contributed by atoms with van der Waals surface area (Å²) < 4.78 is 0. The number of nitrogens with zero attached hydrogens (tertiary/aromatic N) is 2. The van der Waals surface area contributed by atoms with Crippen LogP contribution >= 0.6 is 0 Å². The van der Waals surface area contributed by atoms with E-state index in [4.69, 9.17) is 0 Å². The van der Waals surface area contributed by atoms with Gasteiger partial charge in [0.25, 0.3) is 0 Å². The Morgan fingerprint density at radius 3 is 2.67 bits per heavy atom. The van der Waals surface area contributed by atoms with Gasteiger partial charge in [-0.25, -0.2) is 5.01 Å². The van der Waals surface area contributed by atoms with E-state index in [0.29, 0.717) is 19.4 Å². The molecule has 0 aromatic heterocycles. The number of hydrogen-bond acceptors (Lipinski definition) is 3. The smallest absolute Gasteiger partial charge is 0.236 e. The summed E-state index contributed by atoms with van der Waals surface area (Å²) in [6.07, 6.45) is 2.21. The molecule has 1 amide bonds. The van der Waals surface area contributed by atoms with Gasteiger partial charge in [-0.1, -0.05) is 6.92 Å². The number of carbonyl (C=O) groups is 1. The van der Waals surface area contributed by atoms with Gasteiger partial charge in [0.1, 0.15) is 0 Å². The number of aliphatic hydroxyl groups is 1. The van der Waals surface area contributed by atoms with E-state index in [9.17, 15) is 9.90 Å². The molecule has 0 aliphatic carbocycles. The lowest BCUT2D eigenvalue weighted by molar-refractivity contribution is -0.156. The predicted octanol–water partition coefficient (Wildman–Crippen LogP) is 1.01. The van der Waals surface area contributed by atoms with Crippen LogP contribution in [0.5, 0.6) is 0 Å². The van der Waals surface area contributed by atoms with Crippen molar-refractivity contribution in [1.29, 1.82) is 0 Å². The maximum Gasteiger partial charge on any atom is 0.236 e. The van der Waals surface area contributed by atoms with E-state index < -0.39 is 5.60 Å². The van der Waals surface area contributed by atoms with Gasteiger partial charge in [0.2, 0.25) is 5.91 Å². The minimum absolute atomic E-state index is 0.187. The molecule has 15 heavy (non-hydrogen) atoms. The lowest BCUT2D eigenvalue weighted by atomic mass is 10.1. The van der Waals surface area contributed by atoms with Gasteiger partial charge in [0, 0.05) is 26.1 Å². The van der Waals surface area contributed by atoms with Crippen LogP contribution in [0.1, 0.15) is 40.0 Å². The number of carbonyl (C=O) groups excluding carboxylic acids is 1. The Hall–Kier alpha value is -0.610. The zero-order valence-electron chi connectivity index (χ0n) is 9.99. The third-order valence-electron chi connectivity index (χ3n) is 2.74. The maximum atomic E-state index is 11.7. The monoisotopic (exact) mass is 214 g/mol. The summed E-state index contributed by atoms with van der Waals surface area (Å²) in [5, 5.41) is 13.5. The topological polar surface area (TPSA) is 43.8 Å². The summed E-state index contributed by atoms with van der Waals surface area (Å²) in [5.74, 6) is 0.187. The molecule has 0 atom stereocenters. The minimum atomic E-state index is -0.697. The predicted molar refractivity (Wildman–Crippen MR) is 59.1 cm³/mol. The summed E-state index contributed by atoms with van der Waals surface area (Å²) >= 11 is 0. The van der Waals surface area contributed by atoms with E-state index in [1.54, 1.807) is 18.9 Å². The van der Waals surface area contributed by atoms with Crippen LogP contribution in [-0.4, -0.2) is 46.3 Å². The molecule has 1 saturated heterocycles. The molecule has 0 radical (unpaired) electrons. The van der Waals surface area contributed by atoms with Crippen molar-refractivity contribution < 1.29 is 9.90 Å². The molecule has 1 N–H and O–H groups in total. The van der Waals surface area contributed by atoms with Gasteiger partial charge in [-0.05, 0) is 26.7 Å². The second kappa shape index (κ2) is 4.94. The molecular weight excluding hydrogens is 192 g/mol. The average molecular weight is 214 g/mol. The molecular formula is C11H22N2O2. The maximum absolute atomic E-state index is 11.7. The summed E-state index contributed by atoms with van der Waals surface area (Å²) in [7, 11) is 0. The molecule has 0 aromatic rings. The summed E-state index contributed by atoms with van der Waals surface area (Å²) in [6.45, 7) is 8.03. The van der Waals surface area contributed by atoms with Crippen LogP contribution in [-0.2, 0) is 4.79 Å². The quantitative estimate of drug-likeness (QED) is 0.759. The average Bonchev–Trinajstić information content (AvgIpc) is 2.14. The van der Waals surface area contributed by atoms with E-state index >= 15 is 0 Å². The van der Waals surface area contributed by atoms with Crippen molar-refractivity contribution in [3.63, 3.8) is 0 Å². The third kappa shape index (κ3) is 3.80. The Labute approximate surface area is 91.8 Å². The first-order valence-electron chi connectivity index (χ1n) is 5.71. The van der Waals surface area contributed by atoms with Crippen molar-refractivity contribution in [3.8, 4) is 0 Å². The van der Waals surface area contributed by atoms with Crippen molar-refractivity contribution in [2.45, 2.75) is 45.6 Å². The van der Waals surface area contributed by atoms with Gasteiger partial charge in [0.05, 0.1) is 5.60 Å². The Morgan fingerprint density at radius 2 is 2.13 bits per heavy atom. The highest BCUT2D eigenvalue weighted by Gasteiger charge is 2.26. The van der Waals surface area contributed by atoms with Gasteiger partial charge in [0.15, 0.2) is 0 Å². The molecule has 0 saturated carbocycles.